The molecule has 39 heavy (non-hydrogen) atoms. The molecule has 3 heterocycles. The average molecular weight is 533 g/mol. The van der Waals surface area contributed by atoms with Crippen molar-refractivity contribution in [3.05, 3.63) is 60.2 Å². The third kappa shape index (κ3) is 5.68. The molecule has 1 unspecified atom stereocenters. The Bertz CT molecular complexity index is 1250. The molecule has 0 aliphatic carbocycles. The summed E-state index contributed by atoms with van der Waals surface area (Å²) in [6.07, 6.45) is 2.90. The van der Waals surface area contributed by atoms with Crippen LogP contribution < -0.4 is 9.75 Å². The highest BCUT2D eigenvalue weighted by Crippen LogP contribution is 2.31. The SMILES string of the molecule is CC(C)N1CCOc2ccccc2CCCCC2(CN(C(=O)C3=NN(c4ccccc4)C(=O)C3)CCO2)C1=O. The van der Waals surface area contributed by atoms with Crippen LogP contribution in [-0.2, 0) is 25.5 Å². The fraction of sp³-hybridized carbons (Fsp3) is 0.467. The van der Waals surface area contributed by atoms with Gasteiger partial charge in [-0.3, -0.25) is 14.4 Å². The zero-order valence-corrected chi connectivity index (χ0v) is 22.7. The number of hydrogen-bond donors (Lipinski definition) is 0. The van der Waals surface area contributed by atoms with Gasteiger partial charge in [-0.25, -0.2) is 0 Å². The van der Waals surface area contributed by atoms with E-state index in [9.17, 15) is 14.4 Å². The van der Waals surface area contributed by atoms with Crippen LogP contribution in [0.25, 0.3) is 0 Å². The highest BCUT2D eigenvalue weighted by atomic mass is 16.5. The van der Waals surface area contributed by atoms with Gasteiger partial charge < -0.3 is 19.3 Å². The quantitative estimate of drug-likeness (QED) is 0.604. The summed E-state index contributed by atoms with van der Waals surface area (Å²) in [7, 11) is 0. The van der Waals surface area contributed by atoms with Crippen LogP contribution in [0.3, 0.4) is 0 Å². The van der Waals surface area contributed by atoms with E-state index in [1.807, 2.05) is 50.2 Å². The number of carbonyl (C=O) groups excluding carboxylic acids is 3. The van der Waals surface area contributed by atoms with Gasteiger partial charge in [0.05, 0.1) is 31.8 Å². The fourth-order valence-electron chi connectivity index (χ4n) is 5.53. The van der Waals surface area contributed by atoms with Crippen molar-refractivity contribution < 1.29 is 23.9 Å². The lowest BCUT2D eigenvalue weighted by Gasteiger charge is -2.45. The normalized spacial score (nSPS) is 22.7. The van der Waals surface area contributed by atoms with E-state index in [2.05, 4.69) is 11.2 Å². The minimum absolute atomic E-state index is 0.0675. The number of hydrogen-bond acceptors (Lipinski definition) is 6. The van der Waals surface area contributed by atoms with Crippen molar-refractivity contribution in [2.24, 2.45) is 5.10 Å². The Labute approximate surface area is 229 Å². The molecule has 1 spiro atoms. The smallest absolute Gasteiger partial charge is 0.270 e. The monoisotopic (exact) mass is 532 g/mol. The molecule has 0 aromatic heterocycles. The fourth-order valence-corrected chi connectivity index (χ4v) is 5.53. The molecular weight excluding hydrogens is 496 g/mol. The number of nitrogens with zero attached hydrogens (tertiary/aromatic N) is 4. The Morgan fingerprint density at radius 3 is 2.54 bits per heavy atom. The number of ether oxygens (including phenoxy) is 2. The molecule has 1 fully saturated rings. The van der Waals surface area contributed by atoms with Gasteiger partial charge in [0.1, 0.15) is 18.1 Å². The van der Waals surface area contributed by atoms with Crippen LogP contribution in [-0.4, -0.2) is 77.7 Å². The van der Waals surface area contributed by atoms with Crippen molar-refractivity contribution in [3.8, 4) is 5.75 Å². The Morgan fingerprint density at radius 1 is 0.974 bits per heavy atom. The van der Waals surface area contributed by atoms with E-state index in [1.54, 1.807) is 21.9 Å². The first-order valence-corrected chi connectivity index (χ1v) is 13.8. The summed E-state index contributed by atoms with van der Waals surface area (Å²) in [5.41, 5.74) is 0.809. The zero-order valence-electron chi connectivity index (χ0n) is 22.7. The molecule has 1 atom stereocenters. The molecular formula is C30H36N4O5. The number of hydrazone groups is 1. The van der Waals surface area contributed by atoms with E-state index in [0.29, 0.717) is 31.8 Å². The number of benzene rings is 2. The number of rotatable bonds is 3. The van der Waals surface area contributed by atoms with E-state index >= 15 is 0 Å². The molecule has 2 aromatic rings. The van der Waals surface area contributed by atoms with Gasteiger partial charge in [-0.2, -0.15) is 10.1 Å². The van der Waals surface area contributed by atoms with Crippen molar-refractivity contribution in [1.82, 2.24) is 9.80 Å². The van der Waals surface area contributed by atoms with Crippen LogP contribution >= 0.6 is 0 Å². The lowest BCUT2D eigenvalue weighted by molar-refractivity contribution is -0.176. The highest BCUT2D eigenvalue weighted by molar-refractivity contribution is 6.44. The first-order chi connectivity index (χ1) is 18.9. The van der Waals surface area contributed by atoms with E-state index in [1.165, 1.54) is 5.01 Å². The number of aryl methyl sites for hydroxylation is 1. The minimum Gasteiger partial charge on any atom is -0.491 e. The van der Waals surface area contributed by atoms with Crippen LogP contribution in [0.2, 0.25) is 0 Å². The number of morpholine rings is 1. The largest absolute Gasteiger partial charge is 0.491 e. The predicted octanol–water partition coefficient (Wildman–Crippen LogP) is 3.42. The van der Waals surface area contributed by atoms with Crippen molar-refractivity contribution in [2.45, 2.75) is 57.6 Å². The van der Waals surface area contributed by atoms with Crippen LogP contribution in [0.1, 0.15) is 45.1 Å². The van der Waals surface area contributed by atoms with Crippen molar-refractivity contribution in [1.29, 1.82) is 0 Å². The van der Waals surface area contributed by atoms with Gasteiger partial charge >= 0.3 is 0 Å². The molecule has 0 bridgehead atoms. The number of para-hydroxylation sites is 2. The summed E-state index contributed by atoms with van der Waals surface area (Å²) < 4.78 is 12.4. The number of anilines is 1. The third-order valence-electron chi connectivity index (χ3n) is 7.61. The molecule has 3 amide bonds. The van der Waals surface area contributed by atoms with Gasteiger partial charge in [-0.15, -0.1) is 0 Å². The van der Waals surface area contributed by atoms with Crippen LogP contribution in [0.15, 0.2) is 59.7 Å². The molecule has 206 valence electrons. The molecule has 0 N–H and O–H groups in total. The maximum atomic E-state index is 14.1. The lowest BCUT2D eigenvalue weighted by Crippen LogP contribution is -2.63. The molecule has 9 nitrogen and oxygen atoms in total. The van der Waals surface area contributed by atoms with Gasteiger partial charge in [0.25, 0.3) is 17.7 Å². The second-order valence-corrected chi connectivity index (χ2v) is 10.6. The first kappa shape index (κ1) is 26.9. The highest BCUT2D eigenvalue weighted by Gasteiger charge is 2.48. The maximum Gasteiger partial charge on any atom is 0.270 e. The predicted molar refractivity (Wildman–Crippen MR) is 148 cm³/mol. The van der Waals surface area contributed by atoms with Crippen LogP contribution in [0, 0.1) is 0 Å². The summed E-state index contributed by atoms with van der Waals surface area (Å²) in [6, 6.07) is 17.0. The van der Waals surface area contributed by atoms with E-state index < -0.39 is 5.60 Å². The zero-order chi connectivity index (χ0) is 27.4. The maximum absolute atomic E-state index is 14.1. The average Bonchev–Trinajstić information content (AvgIpc) is 3.34. The topological polar surface area (TPSA) is 91.8 Å². The van der Waals surface area contributed by atoms with E-state index in [-0.39, 0.29) is 49.0 Å². The van der Waals surface area contributed by atoms with Crippen molar-refractivity contribution >= 4 is 29.1 Å². The second kappa shape index (κ2) is 11.6. The van der Waals surface area contributed by atoms with Crippen molar-refractivity contribution in [2.75, 3.05) is 37.9 Å². The Hall–Kier alpha value is -3.72. The second-order valence-electron chi connectivity index (χ2n) is 10.6. The molecule has 2 aromatic carbocycles. The molecule has 3 aliphatic heterocycles. The molecule has 9 heteroatoms. The summed E-state index contributed by atoms with van der Waals surface area (Å²) in [5, 5.41) is 5.65. The first-order valence-electron chi connectivity index (χ1n) is 13.8. The molecule has 0 saturated carbocycles. The number of amides is 3. The number of carbonyl (C=O) groups is 3. The molecule has 3 aliphatic rings. The van der Waals surface area contributed by atoms with Gasteiger partial charge in [0, 0.05) is 12.6 Å². The van der Waals surface area contributed by atoms with Crippen molar-refractivity contribution in [3.63, 3.8) is 0 Å². The molecule has 1 saturated heterocycles. The van der Waals surface area contributed by atoms with E-state index in [4.69, 9.17) is 9.47 Å². The summed E-state index contributed by atoms with van der Waals surface area (Å²) in [5.74, 6) is 0.173. The minimum atomic E-state index is -1.15. The lowest BCUT2D eigenvalue weighted by atomic mass is 9.90. The summed E-state index contributed by atoms with van der Waals surface area (Å²) in [4.78, 5) is 43.8. The molecule has 5 rings (SSSR count). The van der Waals surface area contributed by atoms with Gasteiger partial charge in [-0.1, -0.05) is 36.4 Å². The Kier molecular flexibility index (Phi) is 7.97. The van der Waals surface area contributed by atoms with Gasteiger partial charge in [0.15, 0.2) is 5.60 Å². The number of fused-ring (bicyclic) bond motifs is 1. The summed E-state index contributed by atoms with van der Waals surface area (Å²) >= 11 is 0. The third-order valence-corrected chi connectivity index (χ3v) is 7.61. The Morgan fingerprint density at radius 2 is 1.74 bits per heavy atom. The van der Waals surface area contributed by atoms with Gasteiger partial charge in [0.2, 0.25) is 0 Å². The Balaban J connectivity index is 1.37. The molecule has 0 radical (unpaired) electrons. The van der Waals surface area contributed by atoms with E-state index in [0.717, 1.165) is 30.6 Å². The summed E-state index contributed by atoms with van der Waals surface area (Å²) in [6.45, 7) is 5.45. The standard InChI is InChI=1S/C30H36N4O5/c1-22(2)33-17-18-38-26-14-7-6-10-23(26)11-8-9-15-30(29(33)37)21-32(16-19-39-30)28(36)25-20-27(35)34(31-25)24-12-4-3-5-13-24/h3-7,10,12-14,22H,8-9,11,15-21H2,1-2H3. The van der Waals surface area contributed by atoms with Crippen LogP contribution in [0.4, 0.5) is 5.69 Å². The van der Waals surface area contributed by atoms with Crippen LogP contribution in [0.5, 0.6) is 5.75 Å². The van der Waals surface area contributed by atoms with Gasteiger partial charge in [-0.05, 0) is 63.3 Å².